The van der Waals surface area contributed by atoms with Crippen LogP contribution in [-0.4, -0.2) is 32.0 Å². The van der Waals surface area contributed by atoms with Gasteiger partial charge in [-0.05, 0) is 24.5 Å². The van der Waals surface area contributed by atoms with Crippen molar-refractivity contribution in [2.75, 3.05) is 26.9 Å². The van der Waals surface area contributed by atoms with Gasteiger partial charge in [-0.25, -0.2) is 0 Å². The van der Waals surface area contributed by atoms with Gasteiger partial charge in [0, 0.05) is 5.41 Å². The highest BCUT2D eigenvalue weighted by Gasteiger charge is 2.17. The van der Waals surface area contributed by atoms with Crippen LogP contribution in [-0.2, 0) is 9.47 Å². The number of rotatable bonds is 6. The molecule has 0 aromatic heterocycles. The summed E-state index contributed by atoms with van der Waals surface area (Å²) in [5.41, 5.74) is 1.04. The molecule has 0 unspecified atom stereocenters. The SMILES string of the molecule is COC1=C(COCC(C)(C)CO)CCC=C1. The van der Waals surface area contributed by atoms with Gasteiger partial charge in [-0.3, -0.25) is 0 Å². The number of aliphatic hydroxyl groups is 1. The molecule has 0 radical (unpaired) electrons. The van der Waals surface area contributed by atoms with Crippen molar-refractivity contribution >= 4 is 0 Å². The van der Waals surface area contributed by atoms with E-state index in [2.05, 4.69) is 6.08 Å². The van der Waals surface area contributed by atoms with E-state index in [1.165, 1.54) is 5.57 Å². The van der Waals surface area contributed by atoms with Gasteiger partial charge >= 0.3 is 0 Å². The lowest BCUT2D eigenvalue weighted by atomic mass is 9.96. The van der Waals surface area contributed by atoms with Crippen molar-refractivity contribution in [1.82, 2.24) is 0 Å². The molecule has 1 aliphatic carbocycles. The maximum absolute atomic E-state index is 9.10. The number of hydrogen-bond donors (Lipinski definition) is 1. The summed E-state index contributed by atoms with van der Waals surface area (Å²) in [5, 5.41) is 9.10. The average Bonchev–Trinajstić information content (AvgIpc) is 2.29. The minimum absolute atomic E-state index is 0.142. The zero-order valence-corrected chi connectivity index (χ0v) is 10.5. The first-order chi connectivity index (χ1) is 7.59. The van der Waals surface area contributed by atoms with Crippen LogP contribution in [0.25, 0.3) is 0 Å². The molecule has 0 saturated heterocycles. The standard InChI is InChI=1S/C13H22O3/c1-13(2,9-14)10-16-8-11-6-4-5-7-12(11)15-3/h5,7,14H,4,6,8-10H2,1-3H3. The van der Waals surface area contributed by atoms with Gasteiger partial charge in [0.1, 0.15) is 5.76 Å². The highest BCUT2D eigenvalue weighted by Crippen LogP contribution is 2.21. The number of hydrogen-bond acceptors (Lipinski definition) is 3. The average molecular weight is 226 g/mol. The fourth-order valence-corrected chi connectivity index (χ4v) is 1.54. The number of methoxy groups -OCH3 is 1. The predicted octanol–water partition coefficient (Wildman–Crippen LogP) is 2.27. The largest absolute Gasteiger partial charge is 0.497 e. The first kappa shape index (κ1) is 13.3. The monoisotopic (exact) mass is 226 g/mol. The van der Waals surface area contributed by atoms with E-state index in [4.69, 9.17) is 14.6 Å². The molecule has 0 bridgehead atoms. The van der Waals surface area contributed by atoms with Gasteiger partial charge in [0.15, 0.2) is 0 Å². The lowest BCUT2D eigenvalue weighted by Crippen LogP contribution is -2.24. The second-order valence-corrected chi connectivity index (χ2v) is 4.93. The van der Waals surface area contributed by atoms with E-state index in [9.17, 15) is 0 Å². The molecule has 0 heterocycles. The van der Waals surface area contributed by atoms with Crippen LogP contribution < -0.4 is 0 Å². The van der Waals surface area contributed by atoms with Crippen LogP contribution in [0.1, 0.15) is 26.7 Å². The quantitative estimate of drug-likeness (QED) is 0.755. The normalized spacial score (nSPS) is 16.8. The Labute approximate surface area is 97.8 Å². The van der Waals surface area contributed by atoms with E-state index in [0.29, 0.717) is 13.2 Å². The molecule has 0 saturated carbocycles. The molecule has 92 valence electrons. The maximum Gasteiger partial charge on any atom is 0.120 e. The van der Waals surface area contributed by atoms with Gasteiger partial charge < -0.3 is 14.6 Å². The van der Waals surface area contributed by atoms with Crippen LogP contribution in [0, 0.1) is 5.41 Å². The Hall–Kier alpha value is -0.800. The van der Waals surface area contributed by atoms with Gasteiger partial charge in [0.25, 0.3) is 0 Å². The summed E-state index contributed by atoms with van der Waals surface area (Å²) in [4.78, 5) is 0. The summed E-state index contributed by atoms with van der Waals surface area (Å²) in [5.74, 6) is 0.924. The molecule has 3 nitrogen and oxygen atoms in total. The van der Waals surface area contributed by atoms with Crippen LogP contribution in [0.15, 0.2) is 23.5 Å². The molecule has 0 atom stereocenters. The minimum Gasteiger partial charge on any atom is -0.497 e. The zero-order valence-electron chi connectivity index (χ0n) is 10.5. The van der Waals surface area contributed by atoms with E-state index in [1.54, 1.807) is 7.11 Å². The van der Waals surface area contributed by atoms with Gasteiger partial charge in [-0.15, -0.1) is 0 Å². The van der Waals surface area contributed by atoms with E-state index in [1.807, 2.05) is 19.9 Å². The molecular formula is C13H22O3. The highest BCUT2D eigenvalue weighted by atomic mass is 16.5. The van der Waals surface area contributed by atoms with Crippen LogP contribution in [0.3, 0.4) is 0 Å². The third-order valence-electron chi connectivity index (χ3n) is 2.65. The molecule has 0 aromatic carbocycles. The first-order valence-corrected chi connectivity index (χ1v) is 5.70. The maximum atomic E-state index is 9.10. The summed E-state index contributed by atoms with van der Waals surface area (Å²) in [6.45, 7) is 5.27. The van der Waals surface area contributed by atoms with Crippen molar-refractivity contribution in [1.29, 1.82) is 0 Å². The van der Waals surface area contributed by atoms with E-state index < -0.39 is 0 Å². The Bertz CT molecular complexity index is 277. The predicted molar refractivity (Wildman–Crippen MR) is 64.1 cm³/mol. The summed E-state index contributed by atoms with van der Waals surface area (Å²) in [6, 6.07) is 0. The van der Waals surface area contributed by atoms with Crippen LogP contribution >= 0.6 is 0 Å². The summed E-state index contributed by atoms with van der Waals surface area (Å²) in [6.07, 6.45) is 6.16. The molecule has 0 amide bonds. The Morgan fingerprint density at radius 2 is 2.19 bits per heavy atom. The van der Waals surface area contributed by atoms with Gasteiger partial charge in [-0.2, -0.15) is 0 Å². The second kappa shape index (κ2) is 6.06. The number of aliphatic hydroxyl groups excluding tert-OH is 1. The summed E-state index contributed by atoms with van der Waals surface area (Å²) in [7, 11) is 1.68. The molecule has 16 heavy (non-hydrogen) atoms. The molecular weight excluding hydrogens is 204 g/mol. The molecule has 0 aromatic rings. The van der Waals surface area contributed by atoms with Crippen molar-refractivity contribution < 1.29 is 14.6 Å². The van der Waals surface area contributed by atoms with Crippen molar-refractivity contribution in [3.8, 4) is 0 Å². The molecule has 0 spiro atoms. The topological polar surface area (TPSA) is 38.7 Å². The van der Waals surface area contributed by atoms with E-state index in [0.717, 1.165) is 18.6 Å². The molecule has 1 rings (SSSR count). The third-order valence-corrected chi connectivity index (χ3v) is 2.65. The lowest BCUT2D eigenvalue weighted by molar-refractivity contribution is 0.0359. The van der Waals surface area contributed by atoms with E-state index in [-0.39, 0.29) is 12.0 Å². The van der Waals surface area contributed by atoms with Crippen molar-refractivity contribution in [2.24, 2.45) is 5.41 Å². The molecule has 0 aliphatic heterocycles. The Morgan fingerprint density at radius 1 is 1.44 bits per heavy atom. The molecule has 0 fully saturated rings. The minimum atomic E-state index is -0.168. The number of allylic oxidation sites excluding steroid dienone is 2. The summed E-state index contributed by atoms with van der Waals surface area (Å²) >= 11 is 0. The van der Waals surface area contributed by atoms with Crippen molar-refractivity contribution in [3.05, 3.63) is 23.5 Å². The van der Waals surface area contributed by atoms with Crippen LogP contribution in [0.4, 0.5) is 0 Å². The van der Waals surface area contributed by atoms with E-state index >= 15 is 0 Å². The smallest absolute Gasteiger partial charge is 0.120 e. The Kier molecular flexibility index (Phi) is 5.03. The lowest BCUT2D eigenvalue weighted by Gasteiger charge is -2.22. The number of ether oxygens (including phenoxy) is 2. The highest BCUT2D eigenvalue weighted by molar-refractivity contribution is 5.24. The van der Waals surface area contributed by atoms with Gasteiger partial charge in [-0.1, -0.05) is 19.9 Å². The molecule has 1 N–H and O–H groups in total. The third kappa shape index (κ3) is 3.99. The summed E-state index contributed by atoms with van der Waals surface area (Å²) < 4.78 is 10.9. The second-order valence-electron chi connectivity index (χ2n) is 4.93. The first-order valence-electron chi connectivity index (χ1n) is 5.70. The van der Waals surface area contributed by atoms with Gasteiger partial charge in [0.2, 0.25) is 0 Å². The fourth-order valence-electron chi connectivity index (χ4n) is 1.54. The Morgan fingerprint density at radius 3 is 2.81 bits per heavy atom. The molecule has 3 heteroatoms. The van der Waals surface area contributed by atoms with Crippen molar-refractivity contribution in [2.45, 2.75) is 26.7 Å². The zero-order chi connectivity index (χ0) is 12.0. The van der Waals surface area contributed by atoms with Crippen LogP contribution in [0.2, 0.25) is 0 Å². The Balaban J connectivity index is 2.42. The van der Waals surface area contributed by atoms with Crippen LogP contribution in [0.5, 0.6) is 0 Å². The van der Waals surface area contributed by atoms with Gasteiger partial charge in [0.05, 0.1) is 26.9 Å². The molecule has 1 aliphatic rings. The fraction of sp³-hybridized carbons (Fsp3) is 0.692. The van der Waals surface area contributed by atoms with Crippen molar-refractivity contribution in [3.63, 3.8) is 0 Å².